The fraction of sp³-hybridized carbons (Fsp3) is 0.158. The van der Waals surface area contributed by atoms with E-state index in [4.69, 9.17) is 26.4 Å². The molecular formula is C19H16INO4S2. The molecule has 1 saturated heterocycles. The van der Waals surface area contributed by atoms with Crippen molar-refractivity contribution >= 4 is 68.6 Å². The Labute approximate surface area is 180 Å². The molecule has 2 aromatic rings. The van der Waals surface area contributed by atoms with Gasteiger partial charge in [0.2, 0.25) is 0 Å². The first kappa shape index (κ1) is 20.0. The highest BCUT2D eigenvalue weighted by molar-refractivity contribution is 14.1. The molecule has 1 heterocycles. The molecule has 1 fully saturated rings. The third-order valence-corrected chi connectivity index (χ3v) is 5.98. The first-order valence-corrected chi connectivity index (χ1v) is 10.1. The zero-order chi connectivity index (χ0) is 19.6. The Hall–Kier alpha value is -1.78. The average molecular weight is 513 g/mol. The van der Waals surface area contributed by atoms with Crippen LogP contribution < -0.4 is 19.1 Å². The summed E-state index contributed by atoms with van der Waals surface area (Å²) in [5, 5.41) is 0. The van der Waals surface area contributed by atoms with E-state index in [1.807, 2.05) is 30.3 Å². The van der Waals surface area contributed by atoms with Crippen LogP contribution in [0.15, 0.2) is 41.3 Å². The highest BCUT2D eigenvalue weighted by Gasteiger charge is 2.34. The monoisotopic (exact) mass is 513 g/mol. The molecule has 1 amide bonds. The van der Waals surface area contributed by atoms with Crippen LogP contribution in [0.5, 0.6) is 17.2 Å². The predicted molar refractivity (Wildman–Crippen MR) is 121 cm³/mol. The molecule has 0 radical (unpaired) electrons. The highest BCUT2D eigenvalue weighted by Crippen LogP contribution is 2.41. The van der Waals surface area contributed by atoms with Crippen LogP contribution in [0.1, 0.15) is 5.56 Å². The highest BCUT2D eigenvalue weighted by atomic mass is 127. The Morgan fingerprint density at radius 3 is 2.44 bits per heavy atom. The summed E-state index contributed by atoms with van der Waals surface area (Å²) < 4.78 is 17.5. The minimum absolute atomic E-state index is 0.181. The first-order chi connectivity index (χ1) is 13.0. The van der Waals surface area contributed by atoms with E-state index in [0.717, 1.165) is 9.13 Å². The fourth-order valence-electron chi connectivity index (χ4n) is 2.66. The molecule has 0 N–H and O–H groups in total. The summed E-state index contributed by atoms with van der Waals surface area (Å²) in [5.41, 5.74) is 1.46. The minimum atomic E-state index is -0.181. The van der Waals surface area contributed by atoms with Crippen molar-refractivity contribution in [1.29, 1.82) is 0 Å². The average Bonchev–Trinajstić information content (AvgIpc) is 2.94. The fourth-order valence-corrected chi connectivity index (χ4v) is 4.79. The van der Waals surface area contributed by atoms with Crippen molar-refractivity contribution < 1.29 is 19.0 Å². The van der Waals surface area contributed by atoms with E-state index in [2.05, 4.69) is 22.6 Å². The molecule has 0 atom stereocenters. The number of carbonyl (C=O) groups excluding carboxylic acids is 1. The Balaban J connectivity index is 1.99. The number of para-hydroxylation sites is 2. The van der Waals surface area contributed by atoms with Gasteiger partial charge in [0.25, 0.3) is 5.91 Å². The summed E-state index contributed by atoms with van der Waals surface area (Å²) in [7, 11) is 4.74. The largest absolute Gasteiger partial charge is 0.495 e. The summed E-state index contributed by atoms with van der Waals surface area (Å²) in [4.78, 5) is 15.0. The topological polar surface area (TPSA) is 48.0 Å². The second-order valence-electron chi connectivity index (χ2n) is 5.43. The van der Waals surface area contributed by atoms with Crippen molar-refractivity contribution in [2.45, 2.75) is 0 Å². The molecule has 8 heteroatoms. The number of carbonyl (C=O) groups is 1. The number of benzene rings is 2. The quantitative estimate of drug-likeness (QED) is 0.328. The molecule has 0 aromatic heterocycles. The third kappa shape index (κ3) is 3.92. The third-order valence-electron chi connectivity index (χ3n) is 3.87. The molecule has 3 rings (SSSR count). The molecule has 140 valence electrons. The summed E-state index contributed by atoms with van der Waals surface area (Å²) >= 11 is 8.87. The SMILES string of the molecule is COc1ccccc1N1C(=O)/C(=C\c2cc(I)c(OC)c(OC)c2)SC1=S. The van der Waals surface area contributed by atoms with Crippen LogP contribution in [0.25, 0.3) is 6.08 Å². The van der Waals surface area contributed by atoms with Crippen molar-refractivity contribution in [3.8, 4) is 17.2 Å². The minimum Gasteiger partial charge on any atom is -0.495 e. The normalized spacial score (nSPS) is 15.4. The van der Waals surface area contributed by atoms with Crippen molar-refractivity contribution in [3.05, 3.63) is 50.4 Å². The van der Waals surface area contributed by atoms with Gasteiger partial charge in [-0.15, -0.1) is 0 Å². The molecule has 27 heavy (non-hydrogen) atoms. The molecule has 0 bridgehead atoms. The van der Waals surface area contributed by atoms with Crippen LogP contribution in [0.4, 0.5) is 5.69 Å². The maximum absolute atomic E-state index is 13.0. The second-order valence-corrected chi connectivity index (χ2v) is 8.27. The molecule has 0 spiro atoms. The van der Waals surface area contributed by atoms with Crippen LogP contribution >= 0.6 is 46.6 Å². The number of thiocarbonyl (C=S) groups is 1. The number of methoxy groups -OCH3 is 3. The van der Waals surface area contributed by atoms with Crippen LogP contribution in [0.3, 0.4) is 0 Å². The van der Waals surface area contributed by atoms with E-state index in [-0.39, 0.29) is 5.91 Å². The van der Waals surface area contributed by atoms with Crippen LogP contribution in [0.2, 0.25) is 0 Å². The van der Waals surface area contributed by atoms with Crippen LogP contribution in [0, 0.1) is 3.57 Å². The van der Waals surface area contributed by atoms with Gasteiger partial charge in [-0.3, -0.25) is 9.69 Å². The molecule has 0 unspecified atom stereocenters. The summed E-state index contributed by atoms with van der Waals surface area (Å²) in [6.45, 7) is 0. The molecule has 2 aromatic carbocycles. The van der Waals surface area contributed by atoms with Crippen LogP contribution in [-0.4, -0.2) is 31.6 Å². The van der Waals surface area contributed by atoms with Gasteiger partial charge in [-0.25, -0.2) is 0 Å². The molecule has 1 aliphatic heterocycles. The molecular weight excluding hydrogens is 497 g/mol. The van der Waals surface area contributed by atoms with Crippen molar-refractivity contribution in [2.75, 3.05) is 26.2 Å². The number of thioether (sulfide) groups is 1. The van der Waals surface area contributed by atoms with Crippen LogP contribution in [-0.2, 0) is 4.79 Å². The van der Waals surface area contributed by atoms with E-state index in [1.54, 1.807) is 33.5 Å². The van der Waals surface area contributed by atoms with Gasteiger partial charge in [-0.2, -0.15) is 0 Å². The number of hydrogen-bond donors (Lipinski definition) is 0. The molecule has 0 aliphatic carbocycles. The lowest BCUT2D eigenvalue weighted by Crippen LogP contribution is -2.27. The number of nitrogens with zero attached hydrogens (tertiary/aromatic N) is 1. The Kier molecular flexibility index (Phi) is 6.28. The number of rotatable bonds is 5. The summed E-state index contributed by atoms with van der Waals surface area (Å²) in [5.74, 6) is 1.68. The van der Waals surface area contributed by atoms with Crippen molar-refractivity contribution in [1.82, 2.24) is 0 Å². The number of ether oxygens (including phenoxy) is 3. The van der Waals surface area contributed by atoms with Gasteiger partial charge in [0.15, 0.2) is 15.8 Å². The second kappa shape index (κ2) is 8.49. The number of hydrogen-bond acceptors (Lipinski definition) is 6. The Bertz CT molecular complexity index is 945. The lowest BCUT2D eigenvalue weighted by atomic mass is 10.1. The van der Waals surface area contributed by atoms with Gasteiger partial charge >= 0.3 is 0 Å². The van der Waals surface area contributed by atoms with E-state index >= 15 is 0 Å². The maximum atomic E-state index is 13.0. The summed E-state index contributed by atoms with van der Waals surface area (Å²) in [6, 6.07) is 11.1. The molecule has 0 saturated carbocycles. The number of amides is 1. The Morgan fingerprint density at radius 2 is 1.78 bits per heavy atom. The Morgan fingerprint density at radius 1 is 1.07 bits per heavy atom. The van der Waals surface area contributed by atoms with E-state index in [9.17, 15) is 4.79 Å². The standard InChI is InChI=1S/C19H16INO4S2/c1-23-14-7-5-4-6-13(14)21-18(22)16(27-19(21)26)10-11-8-12(20)17(25-3)15(9-11)24-2/h4-10H,1-3H3/b16-10+. The lowest BCUT2D eigenvalue weighted by molar-refractivity contribution is -0.113. The van der Waals surface area contributed by atoms with Crippen molar-refractivity contribution in [3.63, 3.8) is 0 Å². The smallest absolute Gasteiger partial charge is 0.270 e. The van der Waals surface area contributed by atoms with E-state index in [0.29, 0.717) is 32.2 Å². The van der Waals surface area contributed by atoms with Gasteiger partial charge in [0, 0.05) is 0 Å². The number of anilines is 1. The zero-order valence-corrected chi connectivity index (χ0v) is 18.6. The summed E-state index contributed by atoms with van der Waals surface area (Å²) in [6.07, 6.45) is 1.80. The van der Waals surface area contributed by atoms with Gasteiger partial charge in [-0.1, -0.05) is 36.1 Å². The van der Waals surface area contributed by atoms with E-state index < -0.39 is 0 Å². The van der Waals surface area contributed by atoms with Gasteiger partial charge in [0.05, 0.1) is 35.5 Å². The molecule has 5 nitrogen and oxygen atoms in total. The maximum Gasteiger partial charge on any atom is 0.270 e. The zero-order valence-electron chi connectivity index (χ0n) is 14.8. The van der Waals surface area contributed by atoms with Gasteiger partial charge in [0.1, 0.15) is 5.75 Å². The number of halogens is 1. The van der Waals surface area contributed by atoms with Gasteiger partial charge in [-0.05, 0) is 58.5 Å². The van der Waals surface area contributed by atoms with E-state index in [1.165, 1.54) is 16.7 Å². The van der Waals surface area contributed by atoms with Gasteiger partial charge < -0.3 is 14.2 Å². The predicted octanol–water partition coefficient (Wildman–Crippen LogP) is 4.72. The lowest BCUT2D eigenvalue weighted by Gasteiger charge is -2.17. The molecule has 1 aliphatic rings. The first-order valence-electron chi connectivity index (χ1n) is 7.82. The van der Waals surface area contributed by atoms with Crippen molar-refractivity contribution in [2.24, 2.45) is 0 Å².